The van der Waals surface area contributed by atoms with E-state index in [0.717, 1.165) is 11.3 Å². The molecule has 11 heteroatoms. The van der Waals surface area contributed by atoms with Crippen LogP contribution in [0.4, 0.5) is 10.5 Å². The minimum atomic E-state index is -0.514. The van der Waals surface area contributed by atoms with Crippen molar-refractivity contribution in [3.05, 3.63) is 76.1 Å². The fourth-order valence-electron chi connectivity index (χ4n) is 3.24. The van der Waals surface area contributed by atoms with Crippen LogP contribution in [0.5, 0.6) is 0 Å². The van der Waals surface area contributed by atoms with Crippen molar-refractivity contribution in [2.45, 2.75) is 29.8 Å². The van der Waals surface area contributed by atoms with Gasteiger partial charge in [-0.25, -0.2) is 4.79 Å². The number of urea groups is 1. The van der Waals surface area contributed by atoms with E-state index in [9.17, 15) is 19.7 Å². The number of rotatable bonds is 7. The van der Waals surface area contributed by atoms with Gasteiger partial charge in [0.15, 0.2) is 5.16 Å². The zero-order valence-electron chi connectivity index (χ0n) is 16.2. The topological polar surface area (TPSA) is 132 Å². The Hall–Kier alpha value is -3.73. The second kappa shape index (κ2) is 8.96. The average Bonchev–Trinajstić information content (AvgIpc) is 3.14. The number of amides is 3. The van der Waals surface area contributed by atoms with Crippen LogP contribution < -0.4 is 10.6 Å². The summed E-state index contributed by atoms with van der Waals surface area (Å²) >= 11 is 1.45. The summed E-state index contributed by atoms with van der Waals surface area (Å²) < 4.78 is 1.90. The Kier molecular flexibility index (Phi) is 5.94. The van der Waals surface area contributed by atoms with Crippen LogP contribution in [-0.4, -0.2) is 37.7 Å². The van der Waals surface area contributed by atoms with Crippen molar-refractivity contribution < 1.29 is 14.5 Å². The maximum atomic E-state index is 11.7. The normalized spacial score (nSPS) is 15.9. The minimum absolute atomic E-state index is 0.0436. The summed E-state index contributed by atoms with van der Waals surface area (Å²) in [6.07, 6.45) is 0.512. The molecule has 1 saturated heterocycles. The predicted octanol–water partition coefficient (Wildman–Crippen LogP) is 2.61. The second-order valence-electron chi connectivity index (χ2n) is 6.91. The van der Waals surface area contributed by atoms with Crippen molar-refractivity contribution in [2.75, 3.05) is 0 Å². The number of hydrogen-bond donors (Lipinski definition) is 2. The first-order valence-electron chi connectivity index (χ1n) is 9.46. The molecule has 1 aliphatic rings. The lowest BCUT2D eigenvalue weighted by molar-refractivity contribution is -0.384. The Bertz CT molecular complexity index is 1100. The van der Waals surface area contributed by atoms with Gasteiger partial charge in [0.1, 0.15) is 5.82 Å². The van der Waals surface area contributed by atoms with E-state index >= 15 is 0 Å². The maximum Gasteiger partial charge on any atom is 0.321 e. The second-order valence-corrected chi connectivity index (χ2v) is 7.85. The SMILES string of the molecule is O=C1CC(Cc2nnc(SCc3ccc([N+](=O)[O-])cc3)n2-c2ccccc2)NC(=O)N1. The van der Waals surface area contributed by atoms with E-state index in [4.69, 9.17) is 0 Å². The molecule has 2 heterocycles. The van der Waals surface area contributed by atoms with Gasteiger partial charge in [0, 0.05) is 42.5 Å². The van der Waals surface area contributed by atoms with Gasteiger partial charge in [-0.05, 0) is 17.7 Å². The molecular formula is C20H18N6O4S. The molecule has 0 aliphatic carbocycles. The molecule has 31 heavy (non-hydrogen) atoms. The lowest BCUT2D eigenvalue weighted by Gasteiger charge is -2.23. The third-order valence-electron chi connectivity index (χ3n) is 4.68. The number of thioether (sulfide) groups is 1. The van der Waals surface area contributed by atoms with Crippen LogP contribution in [0.15, 0.2) is 59.8 Å². The fraction of sp³-hybridized carbons (Fsp3) is 0.200. The Balaban J connectivity index is 1.56. The van der Waals surface area contributed by atoms with Crippen LogP contribution in [0, 0.1) is 10.1 Å². The standard InChI is InChI=1S/C20H18N6O4S/c27-18-11-14(21-19(28)22-18)10-17-23-24-20(25(17)15-4-2-1-3-5-15)31-12-13-6-8-16(9-7-13)26(29)30/h1-9,14H,10-12H2,(H2,21,22,27,28). The summed E-state index contributed by atoms with van der Waals surface area (Å²) in [5, 5.41) is 25.0. The molecule has 1 unspecified atom stereocenters. The molecule has 4 rings (SSSR count). The van der Waals surface area contributed by atoms with Crippen molar-refractivity contribution in [1.29, 1.82) is 0 Å². The number of carbonyl (C=O) groups excluding carboxylic acids is 2. The number of nitrogens with zero attached hydrogens (tertiary/aromatic N) is 4. The van der Waals surface area contributed by atoms with E-state index in [2.05, 4.69) is 20.8 Å². The summed E-state index contributed by atoms with van der Waals surface area (Å²) in [5.41, 5.74) is 1.82. The van der Waals surface area contributed by atoms with E-state index < -0.39 is 11.0 Å². The number of imide groups is 1. The molecule has 0 spiro atoms. The van der Waals surface area contributed by atoms with Gasteiger partial charge in [0.05, 0.1) is 4.92 Å². The Labute approximate surface area is 181 Å². The molecular weight excluding hydrogens is 420 g/mol. The molecule has 1 fully saturated rings. The Morgan fingerprint density at radius 1 is 1.10 bits per heavy atom. The number of nitrogens with one attached hydrogen (secondary N) is 2. The van der Waals surface area contributed by atoms with Crippen LogP contribution in [0.3, 0.4) is 0 Å². The maximum absolute atomic E-state index is 11.7. The highest BCUT2D eigenvalue weighted by Gasteiger charge is 2.26. The molecule has 2 N–H and O–H groups in total. The first-order chi connectivity index (χ1) is 15.0. The van der Waals surface area contributed by atoms with Gasteiger partial charge in [-0.1, -0.05) is 42.1 Å². The molecule has 3 aromatic rings. The minimum Gasteiger partial charge on any atom is -0.334 e. The predicted molar refractivity (Wildman–Crippen MR) is 113 cm³/mol. The lowest BCUT2D eigenvalue weighted by Crippen LogP contribution is -2.53. The Morgan fingerprint density at radius 3 is 2.52 bits per heavy atom. The molecule has 158 valence electrons. The van der Waals surface area contributed by atoms with E-state index in [1.165, 1.54) is 23.9 Å². The molecule has 2 aromatic carbocycles. The first-order valence-corrected chi connectivity index (χ1v) is 10.4. The molecule has 10 nitrogen and oxygen atoms in total. The summed E-state index contributed by atoms with van der Waals surface area (Å²) in [4.78, 5) is 33.7. The van der Waals surface area contributed by atoms with Crippen LogP contribution in [0.2, 0.25) is 0 Å². The summed E-state index contributed by atoms with van der Waals surface area (Å²) in [6.45, 7) is 0. The quantitative estimate of drug-likeness (QED) is 0.329. The van der Waals surface area contributed by atoms with Gasteiger partial charge in [-0.3, -0.25) is 24.8 Å². The number of non-ortho nitro benzene ring substituents is 1. The van der Waals surface area contributed by atoms with Gasteiger partial charge in [-0.2, -0.15) is 0 Å². The fourth-order valence-corrected chi connectivity index (χ4v) is 4.17. The van der Waals surface area contributed by atoms with Crippen molar-refractivity contribution in [3.63, 3.8) is 0 Å². The summed E-state index contributed by atoms with van der Waals surface area (Å²) in [6, 6.07) is 15.0. The lowest BCUT2D eigenvalue weighted by atomic mass is 10.1. The van der Waals surface area contributed by atoms with E-state index in [1.54, 1.807) is 12.1 Å². The molecule has 1 aromatic heterocycles. The molecule has 1 atom stereocenters. The van der Waals surface area contributed by atoms with Crippen molar-refractivity contribution in [3.8, 4) is 5.69 Å². The third kappa shape index (κ3) is 4.89. The Morgan fingerprint density at radius 2 is 1.84 bits per heavy atom. The van der Waals surface area contributed by atoms with Gasteiger partial charge in [0.25, 0.3) is 5.69 Å². The molecule has 0 bridgehead atoms. The van der Waals surface area contributed by atoms with E-state index in [1.807, 2.05) is 34.9 Å². The first kappa shape index (κ1) is 20.5. The molecule has 1 aliphatic heterocycles. The highest BCUT2D eigenvalue weighted by Crippen LogP contribution is 2.27. The van der Waals surface area contributed by atoms with Crippen LogP contribution in [-0.2, 0) is 17.0 Å². The van der Waals surface area contributed by atoms with E-state index in [0.29, 0.717) is 23.2 Å². The number of aromatic nitrogens is 3. The third-order valence-corrected chi connectivity index (χ3v) is 5.68. The number of nitro benzene ring substituents is 1. The van der Waals surface area contributed by atoms with Crippen LogP contribution in [0.25, 0.3) is 5.69 Å². The smallest absolute Gasteiger partial charge is 0.321 e. The highest BCUT2D eigenvalue weighted by atomic mass is 32.2. The van der Waals surface area contributed by atoms with Crippen molar-refractivity contribution >= 4 is 29.4 Å². The van der Waals surface area contributed by atoms with Gasteiger partial charge < -0.3 is 5.32 Å². The molecule has 0 saturated carbocycles. The largest absolute Gasteiger partial charge is 0.334 e. The average molecular weight is 438 g/mol. The monoisotopic (exact) mass is 438 g/mol. The summed E-state index contributed by atoms with van der Waals surface area (Å²) in [5.74, 6) is 0.843. The number of benzene rings is 2. The van der Waals surface area contributed by atoms with Crippen molar-refractivity contribution in [1.82, 2.24) is 25.4 Å². The highest BCUT2D eigenvalue weighted by molar-refractivity contribution is 7.98. The number of hydrogen-bond acceptors (Lipinski definition) is 7. The van der Waals surface area contributed by atoms with Gasteiger partial charge in [-0.15, -0.1) is 10.2 Å². The van der Waals surface area contributed by atoms with Gasteiger partial charge >= 0.3 is 6.03 Å². The van der Waals surface area contributed by atoms with Crippen molar-refractivity contribution in [2.24, 2.45) is 0 Å². The molecule has 0 radical (unpaired) electrons. The number of nitro groups is 1. The van der Waals surface area contributed by atoms with E-state index in [-0.39, 0.29) is 24.1 Å². The van der Waals surface area contributed by atoms with Crippen LogP contribution >= 0.6 is 11.8 Å². The zero-order valence-corrected chi connectivity index (χ0v) is 17.0. The van der Waals surface area contributed by atoms with Gasteiger partial charge in [0.2, 0.25) is 5.91 Å². The van der Waals surface area contributed by atoms with Crippen LogP contribution in [0.1, 0.15) is 17.8 Å². The number of para-hydroxylation sites is 1. The number of carbonyl (C=O) groups is 2. The summed E-state index contributed by atoms with van der Waals surface area (Å²) in [7, 11) is 0. The zero-order chi connectivity index (χ0) is 21.8. The molecule has 3 amide bonds.